The number of carbonyl (C=O) groups excluding carboxylic acids is 1. The highest BCUT2D eigenvalue weighted by Gasteiger charge is 2.15. The zero-order valence-corrected chi connectivity index (χ0v) is 12.7. The summed E-state index contributed by atoms with van der Waals surface area (Å²) in [4.78, 5) is 14.6. The van der Waals surface area contributed by atoms with Crippen LogP contribution in [0.5, 0.6) is 11.5 Å². The van der Waals surface area contributed by atoms with Gasteiger partial charge in [-0.05, 0) is 62.3 Å². The molecule has 1 fully saturated rings. The molecule has 22 heavy (non-hydrogen) atoms. The van der Waals surface area contributed by atoms with Crippen LogP contribution in [0.15, 0.2) is 54.6 Å². The minimum Gasteiger partial charge on any atom is -0.457 e. The van der Waals surface area contributed by atoms with E-state index in [0.717, 1.165) is 30.2 Å². The van der Waals surface area contributed by atoms with Crippen molar-refractivity contribution in [2.75, 3.05) is 19.6 Å². The summed E-state index contributed by atoms with van der Waals surface area (Å²) in [6.07, 6.45) is 3.70. The highest BCUT2D eigenvalue weighted by Crippen LogP contribution is 2.21. The Labute approximate surface area is 131 Å². The van der Waals surface area contributed by atoms with Gasteiger partial charge in [0, 0.05) is 5.56 Å². The van der Waals surface area contributed by atoms with Crippen LogP contribution >= 0.6 is 0 Å². The van der Waals surface area contributed by atoms with Gasteiger partial charge in [-0.25, -0.2) is 0 Å². The van der Waals surface area contributed by atoms with Crippen LogP contribution in [0, 0.1) is 0 Å². The maximum atomic E-state index is 12.3. The molecule has 1 saturated heterocycles. The van der Waals surface area contributed by atoms with Crippen molar-refractivity contribution in [3.8, 4) is 11.5 Å². The van der Waals surface area contributed by atoms with E-state index in [1.165, 1.54) is 19.3 Å². The Morgan fingerprint density at radius 2 is 1.50 bits per heavy atom. The molecule has 0 radical (unpaired) electrons. The maximum absolute atomic E-state index is 12.3. The molecular formula is C19H21NO2. The average Bonchev–Trinajstić information content (AvgIpc) is 2.57. The second-order valence-electron chi connectivity index (χ2n) is 5.70. The molecule has 0 spiro atoms. The van der Waals surface area contributed by atoms with E-state index in [-0.39, 0.29) is 5.78 Å². The molecule has 0 N–H and O–H groups in total. The predicted molar refractivity (Wildman–Crippen MR) is 87.6 cm³/mol. The maximum Gasteiger partial charge on any atom is 0.176 e. The second-order valence-corrected chi connectivity index (χ2v) is 5.70. The lowest BCUT2D eigenvalue weighted by Gasteiger charge is -2.25. The minimum atomic E-state index is 0.188. The molecule has 1 aliphatic heterocycles. The summed E-state index contributed by atoms with van der Waals surface area (Å²) in [6, 6.07) is 17.1. The first kappa shape index (κ1) is 14.8. The first-order valence-electron chi connectivity index (χ1n) is 7.90. The van der Waals surface area contributed by atoms with Crippen molar-refractivity contribution < 1.29 is 9.53 Å². The number of rotatable bonds is 5. The van der Waals surface area contributed by atoms with Crippen LogP contribution in [0.2, 0.25) is 0 Å². The van der Waals surface area contributed by atoms with Gasteiger partial charge in [0.05, 0.1) is 6.54 Å². The summed E-state index contributed by atoms with van der Waals surface area (Å²) in [7, 11) is 0. The van der Waals surface area contributed by atoms with Gasteiger partial charge >= 0.3 is 0 Å². The number of carbonyl (C=O) groups is 1. The van der Waals surface area contributed by atoms with E-state index in [0.29, 0.717) is 6.54 Å². The standard InChI is InChI=1S/C19H21NO2/c21-19(15-20-13-5-2-6-14-20)16-9-11-18(12-10-16)22-17-7-3-1-4-8-17/h1,3-4,7-12H,2,5-6,13-15H2. The number of ether oxygens (including phenoxy) is 1. The monoisotopic (exact) mass is 295 g/mol. The molecular weight excluding hydrogens is 274 g/mol. The van der Waals surface area contributed by atoms with E-state index < -0.39 is 0 Å². The number of piperidine rings is 1. The third-order valence-corrected chi connectivity index (χ3v) is 3.97. The van der Waals surface area contributed by atoms with Crippen molar-refractivity contribution in [3.05, 3.63) is 60.2 Å². The largest absolute Gasteiger partial charge is 0.457 e. The number of likely N-dealkylation sites (tertiary alicyclic amines) is 1. The molecule has 1 heterocycles. The molecule has 0 aromatic heterocycles. The molecule has 2 aromatic rings. The van der Waals surface area contributed by atoms with Crippen LogP contribution in [-0.4, -0.2) is 30.3 Å². The zero-order chi connectivity index (χ0) is 15.2. The van der Waals surface area contributed by atoms with Crippen LogP contribution in [-0.2, 0) is 0 Å². The van der Waals surface area contributed by atoms with Gasteiger partial charge < -0.3 is 4.74 Å². The Morgan fingerprint density at radius 3 is 2.18 bits per heavy atom. The number of benzene rings is 2. The third kappa shape index (κ3) is 3.95. The second kappa shape index (κ2) is 7.23. The van der Waals surface area contributed by atoms with Gasteiger partial charge in [0.1, 0.15) is 11.5 Å². The molecule has 0 amide bonds. The van der Waals surface area contributed by atoms with E-state index in [2.05, 4.69) is 4.90 Å². The topological polar surface area (TPSA) is 29.5 Å². The lowest BCUT2D eigenvalue weighted by Crippen LogP contribution is -2.34. The van der Waals surface area contributed by atoms with Gasteiger partial charge in [0.2, 0.25) is 0 Å². The minimum absolute atomic E-state index is 0.188. The van der Waals surface area contributed by atoms with Gasteiger partial charge in [-0.3, -0.25) is 9.69 Å². The first-order chi connectivity index (χ1) is 10.8. The summed E-state index contributed by atoms with van der Waals surface area (Å²) in [5, 5.41) is 0. The fourth-order valence-corrected chi connectivity index (χ4v) is 2.75. The molecule has 3 nitrogen and oxygen atoms in total. The summed E-state index contributed by atoms with van der Waals surface area (Å²) in [6.45, 7) is 2.61. The van der Waals surface area contributed by atoms with Crippen molar-refractivity contribution in [2.24, 2.45) is 0 Å². The molecule has 1 aliphatic rings. The normalized spacial score (nSPS) is 15.5. The van der Waals surface area contributed by atoms with E-state index in [4.69, 9.17) is 4.74 Å². The summed E-state index contributed by atoms with van der Waals surface area (Å²) in [5.74, 6) is 1.74. The van der Waals surface area contributed by atoms with Crippen molar-refractivity contribution >= 4 is 5.78 Å². The molecule has 0 bridgehead atoms. The van der Waals surface area contributed by atoms with E-state index in [9.17, 15) is 4.79 Å². The van der Waals surface area contributed by atoms with E-state index in [1.807, 2.05) is 54.6 Å². The predicted octanol–water partition coefficient (Wildman–Crippen LogP) is 4.15. The van der Waals surface area contributed by atoms with Crippen LogP contribution in [0.1, 0.15) is 29.6 Å². The molecule has 3 rings (SSSR count). The first-order valence-corrected chi connectivity index (χ1v) is 7.90. The Bertz CT molecular complexity index is 601. The summed E-state index contributed by atoms with van der Waals surface area (Å²) in [5.41, 5.74) is 0.756. The fraction of sp³-hybridized carbons (Fsp3) is 0.316. The molecule has 114 valence electrons. The molecule has 2 aromatic carbocycles. The quantitative estimate of drug-likeness (QED) is 0.776. The molecule has 0 atom stereocenters. The Kier molecular flexibility index (Phi) is 4.86. The Balaban J connectivity index is 1.59. The average molecular weight is 295 g/mol. The third-order valence-electron chi connectivity index (χ3n) is 3.97. The van der Waals surface area contributed by atoms with E-state index >= 15 is 0 Å². The van der Waals surface area contributed by atoms with Crippen molar-refractivity contribution in [3.63, 3.8) is 0 Å². The number of hydrogen-bond donors (Lipinski definition) is 0. The lowest BCUT2D eigenvalue weighted by molar-refractivity contribution is 0.0915. The SMILES string of the molecule is O=C(CN1CCCCC1)c1ccc(Oc2ccccc2)cc1. The van der Waals surface area contributed by atoms with Crippen molar-refractivity contribution in [1.29, 1.82) is 0 Å². The number of ketones is 1. The van der Waals surface area contributed by atoms with Gasteiger partial charge in [0.15, 0.2) is 5.78 Å². The summed E-state index contributed by atoms with van der Waals surface area (Å²) < 4.78 is 5.74. The highest BCUT2D eigenvalue weighted by molar-refractivity contribution is 5.97. The smallest absolute Gasteiger partial charge is 0.176 e. The zero-order valence-electron chi connectivity index (χ0n) is 12.7. The van der Waals surface area contributed by atoms with E-state index in [1.54, 1.807) is 0 Å². The van der Waals surface area contributed by atoms with Crippen LogP contribution in [0.3, 0.4) is 0 Å². The molecule has 3 heteroatoms. The molecule has 0 saturated carbocycles. The number of hydrogen-bond acceptors (Lipinski definition) is 3. The van der Waals surface area contributed by atoms with Gasteiger partial charge in [-0.1, -0.05) is 24.6 Å². The van der Waals surface area contributed by atoms with Crippen LogP contribution in [0.4, 0.5) is 0 Å². The van der Waals surface area contributed by atoms with Crippen molar-refractivity contribution in [1.82, 2.24) is 4.90 Å². The number of Topliss-reactive ketones (excluding diaryl/α,β-unsaturated/α-hetero) is 1. The van der Waals surface area contributed by atoms with Crippen LogP contribution in [0.25, 0.3) is 0 Å². The number of nitrogens with zero attached hydrogens (tertiary/aromatic N) is 1. The Hall–Kier alpha value is -2.13. The highest BCUT2D eigenvalue weighted by atomic mass is 16.5. The lowest BCUT2D eigenvalue weighted by atomic mass is 10.1. The van der Waals surface area contributed by atoms with Gasteiger partial charge in [-0.2, -0.15) is 0 Å². The van der Waals surface area contributed by atoms with Gasteiger partial charge in [0.25, 0.3) is 0 Å². The molecule has 0 aliphatic carbocycles. The van der Waals surface area contributed by atoms with Crippen LogP contribution < -0.4 is 4.74 Å². The molecule has 0 unspecified atom stereocenters. The summed E-state index contributed by atoms with van der Waals surface area (Å²) >= 11 is 0. The van der Waals surface area contributed by atoms with Crippen molar-refractivity contribution in [2.45, 2.75) is 19.3 Å². The Morgan fingerprint density at radius 1 is 0.864 bits per heavy atom. The van der Waals surface area contributed by atoms with Gasteiger partial charge in [-0.15, -0.1) is 0 Å². The fourth-order valence-electron chi connectivity index (χ4n) is 2.75. The number of para-hydroxylation sites is 1.